The Morgan fingerprint density at radius 1 is 1.08 bits per heavy atom. The third-order valence-corrected chi connectivity index (χ3v) is 6.42. The maximum Gasteiger partial charge on any atom is 0.295 e. The first kappa shape index (κ1) is 25.5. The Hall–Kier alpha value is -3.56. The Balaban J connectivity index is 1.72. The molecule has 9 heteroatoms. The second-order valence-corrected chi connectivity index (χ2v) is 8.75. The van der Waals surface area contributed by atoms with E-state index in [0.29, 0.717) is 49.8 Å². The monoisotopic (exact) mass is 496 g/mol. The predicted molar refractivity (Wildman–Crippen MR) is 133 cm³/mol. The number of morpholine rings is 1. The molecule has 2 aromatic carbocycles. The maximum atomic E-state index is 13.2. The highest BCUT2D eigenvalue weighted by molar-refractivity contribution is 6.46. The van der Waals surface area contributed by atoms with E-state index in [4.69, 9.17) is 14.2 Å². The van der Waals surface area contributed by atoms with Crippen LogP contribution in [-0.2, 0) is 14.3 Å². The molecule has 9 nitrogen and oxygen atoms in total. The molecule has 4 rings (SSSR count). The van der Waals surface area contributed by atoms with Gasteiger partial charge in [-0.1, -0.05) is 13.0 Å². The number of nitrogens with zero attached hydrogens (tertiary/aromatic N) is 2. The second kappa shape index (κ2) is 11.5. The van der Waals surface area contributed by atoms with E-state index in [1.54, 1.807) is 36.4 Å². The summed E-state index contributed by atoms with van der Waals surface area (Å²) in [6.07, 6.45) is 0.867. The van der Waals surface area contributed by atoms with E-state index in [1.165, 1.54) is 18.1 Å². The van der Waals surface area contributed by atoms with Crippen LogP contribution in [0.15, 0.2) is 48.0 Å². The number of carbonyl (C=O) groups is 2. The summed E-state index contributed by atoms with van der Waals surface area (Å²) >= 11 is 0. The van der Waals surface area contributed by atoms with Crippen LogP contribution < -0.4 is 9.47 Å². The first-order valence-corrected chi connectivity index (χ1v) is 12.1. The highest BCUT2D eigenvalue weighted by Gasteiger charge is 2.46. The van der Waals surface area contributed by atoms with E-state index in [0.717, 1.165) is 19.5 Å². The van der Waals surface area contributed by atoms with Crippen molar-refractivity contribution < 1.29 is 34.0 Å². The number of hydrogen-bond donors (Lipinski definition) is 2. The van der Waals surface area contributed by atoms with Crippen LogP contribution in [0.1, 0.15) is 30.5 Å². The molecule has 0 radical (unpaired) electrons. The van der Waals surface area contributed by atoms with E-state index in [-0.39, 0.29) is 22.8 Å². The standard InChI is InChI=1S/C27H32N2O7/c1-3-14-36-20-7-4-18(5-8-20)25(31)23-24(19-6-9-21(30)22(17-19)34-2)29(27(33)26(23)32)11-10-28-12-15-35-16-13-28/h4-9,17,24,30-31H,3,10-16H2,1-2H3/t24-/m0/s1. The molecule has 192 valence electrons. The van der Waals surface area contributed by atoms with Gasteiger partial charge >= 0.3 is 0 Å². The molecular formula is C27H32N2O7. The number of ketones is 1. The van der Waals surface area contributed by atoms with Gasteiger partial charge < -0.3 is 29.3 Å². The minimum Gasteiger partial charge on any atom is -0.507 e. The summed E-state index contributed by atoms with van der Waals surface area (Å²) in [4.78, 5) is 30.1. The van der Waals surface area contributed by atoms with Gasteiger partial charge in [0.15, 0.2) is 11.5 Å². The first-order chi connectivity index (χ1) is 17.4. The van der Waals surface area contributed by atoms with Gasteiger partial charge in [-0.05, 0) is 48.4 Å². The minimum absolute atomic E-state index is 0.00283. The quantitative estimate of drug-likeness (QED) is 0.310. The lowest BCUT2D eigenvalue weighted by Gasteiger charge is -2.31. The number of methoxy groups -OCH3 is 1. The molecule has 2 fully saturated rings. The number of rotatable bonds is 9. The minimum atomic E-state index is -0.837. The fraction of sp³-hybridized carbons (Fsp3) is 0.407. The van der Waals surface area contributed by atoms with Crippen molar-refractivity contribution in [1.29, 1.82) is 0 Å². The molecule has 2 aromatic rings. The van der Waals surface area contributed by atoms with Crippen LogP contribution in [0.5, 0.6) is 17.2 Å². The predicted octanol–water partition coefficient (Wildman–Crippen LogP) is 2.94. The number of phenols is 1. The number of aromatic hydroxyl groups is 1. The Bertz CT molecular complexity index is 1120. The van der Waals surface area contributed by atoms with Crippen LogP contribution in [0.3, 0.4) is 0 Å². The third-order valence-electron chi connectivity index (χ3n) is 6.42. The van der Waals surface area contributed by atoms with E-state index < -0.39 is 17.7 Å². The summed E-state index contributed by atoms with van der Waals surface area (Å²) in [7, 11) is 1.43. The third kappa shape index (κ3) is 5.32. The van der Waals surface area contributed by atoms with Gasteiger partial charge in [0.05, 0.1) is 38.5 Å². The zero-order valence-electron chi connectivity index (χ0n) is 20.6. The van der Waals surface area contributed by atoms with Crippen molar-refractivity contribution in [2.75, 3.05) is 53.1 Å². The SMILES string of the molecule is CCCOc1ccc(C(O)=C2C(=O)C(=O)N(CCN3CCOCC3)[C@H]2c2ccc(O)c(OC)c2)cc1. The zero-order chi connectivity index (χ0) is 25.7. The number of likely N-dealkylation sites (tertiary alicyclic amines) is 1. The summed E-state index contributed by atoms with van der Waals surface area (Å²) in [5, 5.41) is 21.4. The van der Waals surface area contributed by atoms with Crippen molar-refractivity contribution >= 4 is 17.4 Å². The number of hydrogen-bond acceptors (Lipinski definition) is 8. The Labute approximate surface area is 210 Å². The first-order valence-electron chi connectivity index (χ1n) is 12.1. The number of phenolic OH excluding ortho intramolecular Hbond substituents is 1. The largest absolute Gasteiger partial charge is 0.507 e. The number of Topliss-reactive ketones (excluding diaryl/α,β-unsaturated/α-hetero) is 1. The normalized spacial score (nSPS) is 20.1. The van der Waals surface area contributed by atoms with Crippen LogP contribution in [0, 0.1) is 0 Å². The summed E-state index contributed by atoms with van der Waals surface area (Å²) in [6.45, 7) is 6.16. The molecule has 0 aliphatic carbocycles. The number of benzene rings is 2. The lowest BCUT2D eigenvalue weighted by atomic mass is 9.95. The topological polar surface area (TPSA) is 109 Å². The van der Waals surface area contributed by atoms with E-state index in [2.05, 4.69) is 4.90 Å². The van der Waals surface area contributed by atoms with Gasteiger partial charge in [-0.25, -0.2) is 0 Å². The fourth-order valence-electron chi connectivity index (χ4n) is 4.48. The maximum absolute atomic E-state index is 13.2. The molecule has 0 spiro atoms. The molecule has 0 saturated carbocycles. The molecule has 36 heavy (non-hydrogen) atoms. The van der Waals surface area contributed by atoms with Gasteiger partial charge in [0.1, 0.15) is 11.5 Å². The van der Waals surface area contributed by atoms with Crippen LogP contribution in [0.2, 0.25) is 0 Å². The highest BCUT2D eigenvalue weighted by atomic mass is 16.5. The summed E-state index contributed by atoms with van der Waals surface area (Å²) in [6, 6.07) is 10.6. The molecule has 2 N–H and O–H groups in total. The molecule has 0 bridgehead atoms. The van der Waals surface area contributed by atoms with Gasteiger partial charge in [-0.2, -0.15) is 0 Å². The average molecular weight is 497 g/mol. The van der Waals surface area contributed by atoms with Gasteiger partial charge in [-0.3, -0.25) is 14.5 Å². The molecule has 0 aromatic heterocycles. The van der Waals surface area contributed by atoms with Crippen molar-refractivity contribution in [3.05, 3.63) is 59.2 Å². The van der Waals surface area contributed by atoms with Crippen molar-refractivity contribution in [1.82, 2.24) is 9.80 Å². The van der Waals surface area contributed by atoms with Gasteiger partial charge in [0.25, 0.3) is 11.7 Å². The van der Waals surface area contributed by atoms with Crippen LogP contribution >= 0.6 is 0 Å². The molecule has 2 aliphatic rings. The van der Waals surface area contributed by atoms with Gasteiger partial charge in [-0.15, -0.1) is 0 Å². The van der Waals surface area contributed by atoms with Crippen molar-refractivity contribution in [2.24, 2.45) is 0 Å². The second-order valence-electron chi connectivity index (χ2n) is 8.75. The smallest absolute Gasteiger partial charge is 0.295 e. The molecule has 1 atom stereocenters. The van der Waals surface area contributed by atoms with Crippen LogP contribution in [0.4, 0.5) is 0 Å². The number of ether oxygens (including phenoxy) is 3. The lowest BCUT2D eigenvalue weighted by Crippen LogP contribution is -2.42. The molecule has 2 heterocycles. The Kier molecular flexibility index (Phi) is 8.12. The Morgan fingerprint density at radius 3 is 2.47 bits per heavy atom. The average Bonchev–Trinajstić information content (AvgIpc) is 3.16. The zero-order valence-corrected chi connectivity index (χ0v) is 20.6. The van der Waals surface area contributed by atoms with Crippen LogP contribution in [-0.4, -0.2) is 84.8 Å². The number of carbonyl (C=O) groups excluding carboxylic acids is 2. The van der Waals surface area contributed by atoms with E-state index >= 15 is 0 Å². The molecule has 2 saturated heterocycles. The van der Waals surface area contributed by atoms with Crippen molar-refractivity contribution in [3.63, 3.8) is 0 Å². The highest BCUT2D eigenvalue weighted by Crippen LogP contribution is 2.41. The summed E-state index contributed by atoms with van der Waals surface area (Å²) < 4.78 is 16.3. The van der Waals surface area contributed by atoms with E-state index in [1.807, 2.05) is 6.92 Å². The van der Waals surface area contributed by atoms with Gasteiger partial charge in [0.2, 0.25) is 0 Å². The summed E-state index contributed by atoms with van der Waals surface area (Å²) in [5.74, 6) is -0.888. The summed E-state index contributed by atoms with van der Waals surface area (Å²) in [5.41, 5.74) is 0.952. The Morgan fingerprint density at radius 2 is 1.81 bits per heavy atom. The molecule has 2 aliphatic heterocycles. The van der Waals surface area contributed by atoms with Crippen molar-refractivity contribution in [3.8, 4) is 17.2 Å². The van der Waals surface area contributed by atoms with Crippen LogP contribution in [0.25, 0.3) is 5.76 Å². The molecule has 1 amide bonds. The van der Waals surface area contributed by atoms with E-state index in [9.17, 15) is 19.8 Å². The molecule has 0 unspecified atom stereocenters. The molecular weight excluding hydrogens is 464 g/mol. The number of aliphatic hydroxyl groups is 1. The fourth-order valence-corrected chi connectivity index (χ4v) is 4.48. The number of amides is 1. The van der Waals surface area contributed by atoms with Gasteiger partial charge in [0, 0.05) is 31.7 Å². The lowest BCUT2D eigenvalue weighted by molar-refractivity contribution is -0.140. The van der Waals surface area contributed by atoms with Crippen molar-refractivity contribution in [2.45, 2.75) is 19.4 Å². The number of aliphatic hydroxyl groups excluding tert-OH is 1.